The van der Waals surface area contributed by atoms with Crippen LogP contribution in [0, 0.1) is 6.92 Å². The zero-order chi connectivity index (χ0) is 25.8. The summed E-state index contributed by atoms with van der Waals surface area (Å²) in [4.78, 5) is 37.1. The van der Waals surface area contributed by atoms with E-state index in [2.05, 4.69) is 47.8 Å². The van der Waals surface area contributed by atoms with E-state index in [1.54, 1.807) is 42.7 Å². The second-order valence-electron chi connectivity index (χ2n) is 9.85. The second kappa shape index (κ2) is 8.94. The Labute approximate surface area is 221 Å². The number of rotatable bonds is 3. The number of Topliss-reactive ketones (excluding diaryl/α,β-unsaturated/α-hetero) is 1. The third-order valence-corrected chi connectivity index (χ3v) is 8.23. The van der Waals surface area contributed by atoms with E-state index in [1.807, 2.05) is 19.1 Å². The van der Waals surface area contributed by atoms with Crippen LogP contribution in [0.1, 0.15) is 49.1 Å². The summed E-state index contributed by atoms with van der Waals surface area (Å²) in [5.74, 6) is -1.71. The summed E-state index contributed by atoms with van der Waals surface area (Å²) in [5.41, 5.74) is 3.85. The minimum absolute atomic E-state index is 0.0179. The molecule has 1 N–H and O–H groups in total. The molecule has 1 aliphatic heterocycles. The highest BCUT2D eigenvalue weighted by Crippen LogP contribution is 2.44. The van der Waals surface area contributed by atoms with Crippen molar-refractivity contribution in [1.29, 1.82) is 0 Å². The van der Waals surface area contributed by atoms with Gasteiger partial charge in [-0.1, -0.05) is 66.2 Å². The number of aryl methyl sites for hydroxylation is 1. The number of pyridine rings is 1. The van der Waals surface area contributed by atoms with Crippen LogP contribution in [0.3, 0.4) is 0 Å². The fraction of sp³-hybridized carbons (Fsp3) is 0.214. The predicted molar refractivity (Wildman–Crippen MR) is 146 cm³/mol. The number of carbonyl (C=O) groups is 2. The molecule has 182 valence electrons. The minimum Gasteiger partial charge on any atom is -0.507 e. The number of aliphatic hydroxyl groups excluding tert-OH is 1. The molecule has 0 saturated carbocycles. The molecule has 1 saturated heterocycles. The normalized spacial score (nSPS) is 17.8. The van der Waals surface area contributed by atoms with Crippen LogP contribution < -0.4 is 4.90 Å². The Morgan fingerprint density at radius 3 is 2.56 bits per heavy atom. The number of thiazole rings is 1. The van der Waals surface area contributed by atoms with E-state index < -0.39 is 17.7 Å². The predicted octanol–water partition coefficient (Wildman–Crippen LogP) is 6.69. The Bertz CT molecular complexity index is 1550. The summed E-state index contributed by atoms with van der Waals surface area (Å²) in [6.07, 6.45) is 3.23. The molecule has 1 amide bonds. The number of hydrogen-bond donors (Lipinski definition) is 1. The lowest BCUT2D eigenvalue weighted by Crippen LogP contribution is -2.29. The first kappa shape index (κ1) is 24.3. The maximum absolute atomic E-state index is 13.4. The third kappa shape index (κ3) is 4.14. The van der Waals surface area contributed by atoms with Crippen LogP contribution in [0.25, 0.3) is 16.0 Å². The molecule has 0 radical (unpaired) electrons. The zero-order valence-electron chi connectivity index (χ0n) is 20.2. The molecular weight excluding hydrogens is 538 g/mol. The van der Waals surface area contributed by atoms with Crippen LogP contribution in [0.4, 0.5) is 5.13 Å². The van der Waals surface area contributed by atoms with Crippen LogP contribution in [-0.4, -0.2) is 26.8 Å². The monoisotopic (exact) mass is 561 g/mol. The molecule has 1 fully saturated rings. The minimum atomic E-state index is -0.856. The van der Waals surface area contributed by atoms with E-state index in [4.69, 9.17) is 4.98 Å². The van der Waals surface area contributed by atoms with Crippen molar-refractivity contribution in [3.8, 4) is 0 Å². The molecule has 0 bridgehead atoms. The molecule has 5 rings (SSSR count). The zero-order valence-corrected chi connectivity index (χ0v) is 22.6. The van der Waals surface area contributed by atoms with Gasteiger partial charge in [0.2, 0.25) is 0 Å². The molecule has 36 heavy (non-hydrogen) atoms. The van der Waals surface area contributed by atoms with Gasteiger partial charge in [0, 0.05) is 22.4 Å². The third-order valence-electron chi connectivity index (χ3n) is 6.33. The topological polar surface area (TPSA) is 83.4 Å². The van der Waals surface area contributed by atoms with E-state index in [1.165, 1.54) is 16.2 Å². The molecule has 8 heteroatoms. The fourth-order valence-corrected chi connectivity index (χ4v) is 5.59. The van der Waals surface area contributed by atoms with E-state index >= 15 is 0 Å². The number of hydrogen-bond acceptors (Lipinski definition) is 6. The molecular formula is C28H24BrN3O3S. The maximum atomic E-state index is 13.4. The van der Waals surface area contributed by atoms with Gasteiger partial charge in [-0.3, -0.25) is 19.5 Å². The summed E-state index contributed by atoms with van der Waals surface area (Å²) in [7, 11) is 0. The van der Waals surface area contributed by atoms with Crippen molar-refractivity contribution in [3.63, 3.8) is 0 Å². The van der Waals surface area contributed by atoms with Gasteiger partial charge in [0.15, 0.2) is 5.13 Å². The number of benzene rings is 2. The lowest BCUT2D eigenvalue weighted by molar-refractivity contribution is -0.132. The molecule has 1 unspecified atom stereocenters. The average Bonchev–Trinajstić information content (AvgIpc) is 3.38. The van der Waals surface area contributed by atoms with Crippen molar-refractivity contribution in [1.82, 2.24) is 9.97 Å². The summed E-state index contributed by atoms with van der Waals surface area (Å²) in [6, 6.07) is 14.0. The Morgan fingerprint density at radius 1 is 1.11 bits per heavy atom. The molecule has 0 aliphatic carbocycles. The fourth-order valence-electron chi connectivity index (χ4n) is 4.31. The molecule has 2 aromatic heterocycles. The number of nitrogens with zero attached hydrogens (tertiary/aromatic N) is 3. The van der Waals surface area contributed by atoms with Gasteiger partial charge in [0.05, 0.1) is 21.8 Å². The van der Waals surface area contributed by atoms with Crippen LogP contribution in [0.15, 0.2) is 71.0 Å². The van der Waals surface area contributed by atoms with Gasteiger partial charge in [-0.05, 0) is 59.4 Å². The van der Waals surface area contributed by atoms with Gasteiger partial charge in [-0.15, -0.1) is 0 Å². The molecule has 6 nitrogen and oxygen atoms in total. The van der Waals surface area contributed by atoms with Crippen LogP contribution in [-0.2, 0) is 15.0 Å². The molecule has 4 aromatic rings. The Hall–Kier alpha value is -3.36. The molecule has 1 atom stereocenters. The van der Waals surface area contributed by atoms with Crippen molar-refractivity contribution in [3.05, 3.63) is 93.2 Å². The summed E-state index contributed by atoms with van der Waals surface area (Å²) in [6.45, 7) is 8.31. The average molecular weight is 562 g/mol. The number of aromatic nitrogens is 2. The number of aliphatic hydroxyl groups is 1. The maximum Gasteiger partial charge on any atom is 0.301 e. The Morgan fingerprint density at radius 2 is 1.89 bits per heavy atom. The highest BCUT2D eigenvalue weighted by Gasteiger charge is 2.48. The summed E-state index contributed by atoms with van der Waals surface area (Å²) < 4.78 is 1.81. The van der Waals surface area contributed by atoms with Gasteiger partial charge in [0.1, 0.15) is 5.76 Å². The highest BCUT2D eigenvalue weighted by atomic mass is 79.9. The van der Waals surface area contributed by atoms with Crippen molar-refractivity contribution >= 4 is 60.1 Å². The van der Waals surface area contributed by atoms with Crippen molar-refractivity contribution in [2.24, 2.45) is 0 Å². The smallest absolute Gasteiger partial charge is 0.301 e. The SMILES string of the molecule is Cc1cc(/C(O)=C2\C(=O)C(=O)N(c3nc4ccc(C(C)(C)C)cc4s3)C2c2cccnc2)ccc1Br. The molecule has 2 aromatic carbocycles. The number of anilines is 1. The van der Waals surface area contributed by atoms with Crippen LogP contribution >= 0.6 is 27.3 Å². The molecule has 1 aliphatic rings. The second-order valence-corrected chi connectivity index (χ2v) is 11.7. The summed E-state index contributed by atoms with van der Waals surface area (Å²) >= 11 is 4.82. The van der Waals surface area contributed by atoms with E-state index in [9.17, 15) is 14.7 Å². The van der Waals surface area contributed by atoms with E-state index in [-0.39, 0.29) is 16.7 Å². The van der Waals surface area contributed by atoms with E-state index in [0.29, 0.717) is 16.3 Å². The lowest BCUT2D eigenvalue weighted by atomic mass is 9.87. The van der Waals surface area contributed by atoms with Gasteiger partial charge in [-0.25, -0.2) is 4.98 Å². The number of carbonyl (C=O) groups excluding carboxylic acids is 2. The van der Waals surface area contributed by atoms with Gasteiger partial charge in [0.25, 0.3) is 5.78 Å². The van der Waals surface area contributed by atoms with Crippen molar-refractivity contribution in [2.45, 2.75) is 39.2 Å². The molecule has 3 heterocycles. The van der Waals surface area contributed by atoms with Crippen LogP contribution in [0.5, 0.6) is 0 Å². The number of fused-ring (bicyclic) bond motifs is 1. The van der Waals surface area contributed by atoms with Crippen LogP contribution in [0.2, 0.25) is 0 Å². The molecule has 0 spiro atoms. The first-order chi connectivity index (χ1) is 17.1. The number of halogens is 1. The number of amides is 1. The van der Waals surface area contributed by atoms with Crippen molar-refractivity contribution in [2.75, 3.05) is 4.90 Å². The standard InChI is InChI=1S/C28H24BrN3O3S/c1-15-12-16(7-9-19(15)29)24(33)22-23(17-6-5-11-30-14-17)32(26(35)25(22)34)27-31-20-10-8-18(28(2,3)4)13-21(20)36-27/h5-14,23,33H,1-4H3/b24-22+. The first-order valence-electron chi connectivity index (χ1n) is 11.4. The quantitative estimate of drug-likeness (QED) is 0.171. The van der Waals surface area contributed by atoms with Gasteiger partial charge in [-0.2, -0.15) is 0 Å². The largest absolute Gasteiger partial charge is 0.507 e. The Kier molecular flexibility index (Phi) is 6.04. The summed E-state index contributed by atoms with van der Waals surface area (Å²) in [5, 5.41) is 11.7. The van der Waals surface area contributed by atoms with E-state index in [0.717, 1.165) is 25.8 Å². The van der Waals surface area contributed by atoms with Crippen molar-refractivity contribution < 1.29 is 14.7 Å². The van der Waals surface area contributed by atoms with Gasteiger partial charge >= 0.3 is 5.91 Å². The lowest BCUT2D eigenvalue weighted by Gasteiger charge is -2.22. The Balaban J connectivity index is 1.70. The number of ketones is 1. The van der Waals surface area contributed by atoms with Gasteiger partial charge < -0.3 is 5.11 Å². The highest BCUT2D eigenvalue weighted by molar-refractivity contribution is 9.10. The first-order valence-corrected chi connectivity index (χ1v) is 13.1.